The first-order valence-corrected chi connectivity index (χ1v) is 12.5. The van der Waals surface area contributed by atoms with Crippen LogP contribution in [0.15, 0.2) is 39.8 Å². The van der Waals surface area contributed by atoms with Crippen LogP contribution in [0.1, 0.15) is 43.8 Å². The maximum atomic E-state index is 12.9. The first kappa shape index (κ1) is 21.2. The molecule has 2 atom stereocenters. The summed E-state index contributed by atoms with van der Waals surface area (Å²) in [6, 6.07) is 8.04. The largest absolute Gasteiger partial charge is 0.494 e. The van der Waals surface area contributed by atoms with Gasteiger partial charge in [-0.3, -0.25) is 4.79 Å². The molecule has 166 valence electrons. The number of hydrogen-bond donors (Lipinski definition) is 2. The molecule has 2 N–H and O–H groups in total. The summed E-state index contributed by atoms with van der Waals surface area (Å²) in [5.74, 6) is 2.43. The van der Waals surface area contributed by atoms with Crippen LogP contribution in [0.5, 0.6) is 11.5 Å². The van der Waals surface area contributed by atoms with Crippen LogP contribution in [0.3, 0.4) is 0 Å². The molecular formula is C24H25N3O3S2. The van der Waals surface area contributed by atoms with Gasteiger partial charge < -0.3 is 19.8 Å². The molecule has 32 heavy (non-hydrogen) atoms. The average molecular weight is 468 g/mol. The molecule has 5 rings (SSSR count). The number of benzene rings is 1. The molecule has 4 aromatic rings. The predicted molar refractivity (Wildman–Crippen MR) is 130 cm³/mol. The van der Waals surface area contributed by atoms with Crippen molar-refractivity contribution in [2.24, 2.45) is 0 Å². The second kappa shape index (κ2) is 8.69. The molecule has 1 aliphatic heterocycles. The smallest absolute Gasteiger partial charge is 0.260 e. The minimum atomic E-state index is -0.137. The fourth-order valence-corrected chi connectivity index (χ4v) is 5.82. The number of ether oxygens (including phenoxy) is 2. The highest BCUT2D eigenvalue weighted by atomic mass is 32.1. The second-order valence-corrected chi connectivity index (χ2v) is 9.80. The monoisotopic (exact) mass is 467 g/mol. The van der Waals surface area contributed by atoms with Crippen LogP contribution in [0.4, 0.5) is 0 Å². The van der Waals surface area contributed by atoms with Crippen LogP contribution in [-0.2, 0) is 13.0 Å². The van der Waals surface area contributed by atoms with Gasteiger partial charge in [0.25, 0.3) is 5.56 Å². The minimum absolute atomic E-state index is 0.0989. The maximum absolute atomic E-state index is 12.9. The van der Waals surface area contributed by atoms with Crippen molar-refractivity contribution in [1.29, 1.82) is 0 Å². The molecule has 0 saturated carbocycles. The van der Waals surface area contributed by atoms with Crippen LogP contribution in [-0.4, -0.2) is 22.7 Å². The van der Waals surface area contributed by atoms with Crippen LogP contribution in [0.25, 0.3) is 20.7 Å². The van der Waals surface area contributed by atoms with Gasteiger partial charge in [-0.15, -0.1) is 22.7 Å². The third-order valence-corrected chi connectivity index (χ3v) is 7.41. The molecule has 0 fully saturated rings. The number of thiophene rings is 2. The molecule has 4 heterocycles. The summed E-state index contributed by atoms with van der Waals surface area (Å²) in [4.78, 5) is 22.5. The van der Waals surface area contributed by atoms with Crippen LogP contribution in [0.2, 0.25) is 0 Å². The quantitative estimate of drug-likeness (QED) is 0.386. The molecule has 0 aliphatic carbocycles. The molecule has 8 heteroatoms. The van der Waals surface area contributed by atoms with Gasteiger partial charge in [0.2, 0.25) is 0 Å². The van der Waals surface area contributed by atoms with Crippen molar-refractivity contribution in [2.45, 2.75) is 45.9 Å². The number of aromatic nitrogens is 2. The van der Waals surface area contributed by atoms with E-state index in [1.54, 1.807) is 11.3 Å². The maximum Gasteiger partial charge on any atom is 0.260 e. The molecule has 0 spiro atoms. The number of aromatic amines is 1. The fraction of sp³-hybridized carbons (Fsp3) is 0.333. The SMILES string of the molecule is CCOc1cc2c(cc1CN[C@H](C)c1nc3scc(-c4cccs4)c3c(=O)[nH]1)O[C@@H](C)C2. The van der Waals surface area contributed by atoms with E-state index in [4.69, 9.17) is 14.5 Å². The minimum Gasteiger partial charge on any atom is -0.494 e. The topological polar surface area (TPSA) is 76.2 Å². The van der Waals surface area contributed by atoms with E-state index in [-0.39, 0.29) is 17.7 Å². The van der Waals surface area contributed by atoms with Gasteiger partial charge in [0, 0.05) is 39.9 Å². The van der Waals surface area contributed by atoms with E-state index >= 15 is 0 Å². The first-order chi connectivity index (χ1) is 15.5. The van der Waals surface area contributed by atoms with Gasteiger partial charge >= 0.3 is 0 Å². The Balaban J connectivity index is 1.38. The Labute approximate surface area is 194 Å². The van der Waals surface area contributed by atoms with Crippen molar-refractivity contribution in [2.75, 3.05) is 6.61 Å². The molecule has 6 nitrogen and oxygen atoms in total. The van der Waals surface area contributed by atoms with Gasteiger partial charge in [-0.25, -0.2) is 4.98 Å². The predicted octanol–water partition coefficient (Wildman–Crippen LogP) is 5.29. The lowest BCUT2D eigenvalue weighted by Gasteiger charge is -2.16. The molecule has 0 amide bonds. The fourth-order valence-electron chi connectivity index (χ4n) is 4.05. The number of fused-ring (bicyclic) bond motifs is 2. The lowest BCUT2D eigenvalue weighted by Crippen LogP contribution is -2.23. The molecule has 0 radical (unpaired) electrons. The number of nitrogens with one attached hydrogen (secondary N) is 2. The Bertz CT molecular complexity index is 1310. The highest BCUT2D eigenvalue weighted by Crippen LogP contribution is 2.36. The van der Waals surface area contributed by atoms with Crippen LogP contribution >= 0.6 is 22.7 Å². The number of rotatable bonds is 7. The molecule has 0 saturated heterocycles. The van der Waals surface area contributed by atoms with Gasteiger partial charge in [0.15, 0.2) is 0 Å². The van der Waals surface area contributed by atoms with E-state index in [0.717, 1.165) is 38.8 Å². The van der Waals surface area contributed by atoms with E-state index in [1.165, 1.54) is 16.9 Å². The molecule has 1 aliphatic rings. The van der Waals surface area contributed by atoms with E-state index in [9.17, 15) is 4.79 Å². The zero-order valence-corrected chi connectivity index (χ0v) is 19.9. The molecule has 3 aromatic heterocycles. The highest BCUT2D eigenvalue weighted by molar-refractivity contribution is 7.18. The van der Waals surface area contributed by atoms with Gasteiger partial charge in [0.1, 0.15) is 28.3 Å². The van der Waals surface area contributed by atoms with E-state index in [1.807, 2.05) is 36.7 Å². The van der Waals surface area contributed by atoms with Crippen molar-refractivity contribution < 1.29 is 9.47 Å². The number of hydrogen-bond acceptors (Lipinski definition) is 7. The molecular weight excluding hydrogens is 442 g/mol. The summed E-state index contributed by atoms with van der Waals surface area (Å²) in [6.45, 7) is 7.25. The van der Waals surface area contributed by atoms with Gasteiger partial charge in [-0.1, -0.05) is 6.07 Å². The first-order valence-electron chi connectivity index (χ1n) is 10.8. The van der Waals surface area contributed by atoms with Crippen molar-refractivity contribution >= 4 is 32.9 Å². The lowest BCUT2D eigenvalue weighted by molar-refractivity contribution is 0.254. The highest BCUT2D eigenvalue weighted by Gasteiger charge is 2.22. The second-order valence-electron chi connectivity index (χ2n) is 7.99. The van der Waals surface area contributed by atoms with Crippen LogP contribution < -0.4 is 20.3 Å². The standard InChI is InChI=1S/C24H25N3O3S2/c1-4-29-18-9-15-8-13(2)30-19(15)10-16(18)11-25-14(3)22-26-23(28)21-17(12-32-24(21)27-22)20-6-5-7-31-20/h5-7,9-10,12-14,25H,4,8,11H2,1-3H3,(H,26,27,28)/t13-,14+/m0/s1. The normalized spacial score (nSPS) is 16.2. The number of nitrogens with zero attached hydrogens (tertiary/aromatic N) is 1. The van der Waals surface area contributed by atoms with Crippen molar-refractivity contribution in [3.8, 4) is 21.9 Å². The third-order valence-electron chi connectivity index (χ3n) is 5.64. The van der Waals surface area contributed by atoms with E-state index < -0.39 is 0 Å². The van der Waals surface area contributed by atoms with Crippen LogP contribution in [0, 0.1) is 0 Å². The lowest BCUT2D eigenvalue weighted by atomic mass is 10.1. The summed E-state index contributed by atoms with van der Waals surface area (Å²) in [6.07, 6.45) is 1.09. The van der Waals surface area contributed by atoms with Gasteiger partial charge in [-0.2, -0.15) is 0 Å². The average Bonchev–Trinajstić information content (AvgIpc) is 3.50. The Hall–Kier alpha value is -2.68. The molecule has 1 aromatic carbocycles. The Morgan fingerprint density at radius 1 is 1.38 bits per heavy atom. The van der Waals surface area contributed by atoms with E-state index in [0.29, 0.717) is 24.4 Å². The summed E-state index contributed by atoms with van der Waals surface area (Å²) in [5.41, 5.74) is 3.08. The molecule has 0 unspecified atom stereocenters. The summed E-state index contributed by atoms with van der Waals surface area (Å²) >= 11 is 3.13. The Morgan fingerprint density at radius 3 is 3.03 bits per heavy atom. The Kier molecular flexibility index (Phi) is 5.75. The zero-order valence-electron chi connectivity index (χ0n) is 18.2. The van der Waals surface area contributed by atoms with Crippen molar-refractivity contribution in [1.82, 2.24) is 15.3 Å². The molecule has 0 bridgehead atoms. The van der Waals surface area contributed by atoms with Gasteiger partial charge in [-0.05, 0) is 44.4 Å². The summed E-state index contributed by atoms with van der Waals surface area (Å²) < 4.78 is 11.8. The Morgan fingerprint density at radius 2 is 2.25 bits per heavy atom. The van der Waals surface area contributed by atoms with Crippen molar-refractivity contribution in [3.63, 3.8) is 0 Å². The van der Waals surface area contributed by atoms with Crippen molar-refractivity contribution in [3.05, 3.63) is 62.3 Å². The summed E-state index contributed by atoms with van der Waals surface area (Å²) in [5, 5.41) is 8.18. The zero-order chi connectivity index (χ0) is 22.2. The van der Waals surface area contributed by atoms with E-state index in [2.05, 4.69) is 29.4 Å². The number of H-pyrrole nitrogens is 1. The van der Waals surface area contributed by atoms with Gasteiger partial charge in [0.05, 0.1) is 18.0 Å². The third kappa shape index (κ3) is 3.94. The summed E-state index contributed by atoms with van der Waals surface area (Å²) in [7, 11) is 0.